The molecule has 1 amide bonds. The van der Waals surface area contributed by atoms with Gasteiger partial charge in [-0.25, -0.2) is 0 Å². The second-order valence-corrected chi connectivity index (χ2v) is 6.77. The van der Waals surface area contributed by atoms with Gasteiger partial charge in [0.25, 0.3) is 5.69 Å². The maximum Gasteiger partial charge on any atom is 0.269 e. The summed E-state index contributed by atoms with van der Waals surface area (Å²) in [7, 11) is 0. The van der Waals surface area contributed by atoms with E-state index in [4.69, 9.17) is 0 Å². The minimum atomic E-state index is -0.473. The molecule has 0 aliphatic carbocycles. The lowest BCUT2D eigenvalue weighted by molar-refractivity contribution is -0.384. The molecule has 0 fully saturated rings. The van der Waals surface area contributed by atoms with Gasteiger partial charge in [-0.05, 0) is 11.1 Å². The average Bonchev–Trinajstić information content (AvgIpc) is 2.66. The van der Waals surface area contributed by atoms with E-state index in [-0.39, 0.29) is 18.0 Å². The third kappa shape index (κ3) is 3.92. The summed E-state index contributed by atoms with van der Waals surface area (Å²) in [6.45, 7) is 0. The second-order valence-electron chi connectivity index (χ2n) is 5.78. The third-order valence-electron chi connectivity index (χ3n) is 4.09. The highest BCUT2D eigenvalue weighted by Gasteiger charge is 2.29. The summed E-state index contributed by atoms with van der Waals surface area (Å²) in [6, 6.07) is 18.0. The highest BCUT2D eigenvalue weighted by molar-refractivity contribution is 8.02. The Labute approximate surface area is 154 Å². The van der Waals surface area contributed by atoms with Crippen molar-refractivity contribution in [1.29, 1.82) is 5.26 Å². The molecule has 2 aromatic rings. The van der Waals surface area contributed by atoms with E-state index in [1.165, 1.54) is 23.9 Å². The third-order valence-corrected chi connectivity index (χ3v) is 5.18. The first-order valence-electron chi connectivity index (χ1n) is 7.93. The minimum absolute atomic E-state index is 0.0184. The minimum Gasteiger partial charge on any atom is -0.320 e. The first-order valence-corrected chi connectivity index (χ1v) is 8.92. The van der Waals surface area contributed by atoms with E-state index in [9.17, 15) is 20.2 Å². The summed E-state index contributed by atoms with van der Waals surface area (Å²) < 4.78 is 0. The first-order chi connectivity index (χ1) is 12.6. The van der Waals surface area contributed by atoms with E-state index in [0.29, 0.717) is 16.4 Å². The number of nitrogens with one attached hydrogen (secondary N) is 1. The lowest BCUT2D eigenvalue weighted by Crippen LogP contribution is -2.30. The van der Waals surface area contributed by atoms with E-state index < -0.39 is 10.8 Å². The summed E-state index contributed by atoms with van der Waals surface area (Å²) in [5.74, 6) is 0.0740. The summed E-state index contributed by atoms with van der Waals surface area (Å²) in [5.41, 5.74) is 2.28. The number of nitro groups is 1. The van der Waals surface area contributed by atoms with Crippen molar-refractivity contribution in [2.75, 3.05) is 0 Å². The molecule has 1 N–H and O–H groups in total. The number of nitriles is 1. The van der Waals surface area contributed by atoms with Crippen LogP contribution in [0.25, 0.3) is 0 Å². The van der Waals surface area contributed by atoms with Crippen LogP contribution in [-0.2, 0) is 10.5 Å². The molecule has 1 aliphatic heterocycles. The molecule has 0 aromatic heterocycles. The molecule has 0 spiro atoms. The molecule has 0 bridgehead atoms. The van der Waals surface area contributed by atoms with Gasteiger partial charge in [-0.15, -0.1) is 11.8 Å². The van der Waals surface area contributed by atoms with Gasteiger partial charge in [0, 0.05) is 30.2 Å². The Morgan fingerprint density at radius 2 is 1.88 bits per heavy atom. The molecule has 130 valence electrons. The van der Waals surface area contributed by atoms with Crippen LogP contribution >= 0.6 is 11.8 Å². The number of nitrogens with zero attached hydrogens (tertiary/aromatic N) is 2. The number of carbonyl (C=O) groups is 1. The van der Waals surface area contributed by atoms with Crippen molar-refractivity contribution in [2.24, 2.45) is 0 Å². The predicted molar refractivity (Wildman–Crippen MR) is 99.0 cm³/mol. The fraction of sp³-hybridized carbons (Fsp3) is 0.158. The molecule has 26 heavy (non-hydrogen) atoms. The maximum atomic E-state index is 12.1. The molecule has 7 heteroatoms. The van der Waals surface area contributed by atoms with Crippen LogP contribution in [0.2, 0.25) is 0 Å². The first kappa shape index (κ1) is 17.7. The fourth-order valence-corrected chi connectivity index (χ4v) is 3.81. The lowest BCUT2D eigenvalue weighted by atomic mass is 9.87. The average molecular weight is 365 g/mol. The monoisotopic (exact) mass is 365 g/mol. The van der Waals surface area contributed by atoms with Crippen molar-refractivity contribution >= 4 is 23.4 Å². The molecule has 3 rings (SSSR count). The number of nitro benzene ring substituents is 1. The zero-order valence-electron chi connectivity index (χ0n) is 13.7. The zero-order chi connectivity index (χ0) is 18.5. The number of amides is 1. The van der Waals surface area contributed by atoms with Gasteiger partial charge in [0.1, 0.15) is 0 Å². The highest BCUT2D eigenvalue weighted by atomic mass is 32.2. The van der Waals surface area contributed by atoms with Crippen molar-refractivity contribution in [1.82, 2.24) is 5.32 Å². The molecule has 1 aliphatic rings. The number of hydrogen-bond donors (Lipinski definition) is 1. The SMILES string of the molecule is N#CC1=C(SCc2ccccc2)NC(=O)C[C@H]1c1ccc([N+](=O)[O-])cc1. The van der Waals surface area contributed by atoms with Gasteiger partial charge in [0.2, 0.25) is 5.91 Å². The van der Waals surface area contributed by atoms with Crippen molar-refractivity contribution in [2.45, 2.75) is 18.1 Å². The standard InChI is InChI=1S/C19H15N3O3S/c20-11-17-16(14-6-8-15(9-7-14)22(24)25)10-18(23)21-19(17)26-12-13-4-2-1-3-5-13/h1-9,16H,10,12H2,(H,21,23)/t16-/m0/s1. The quantitative estimate of drug-likeness (QED) is 0.641. The summed E-state index contributed by atoms with van der Waals surface area (Å²) in [6.07, 6.45) is 0.149. The number of allylic oxidation sites excluding steroid dienone is 1. The number of non-ortho nitro benzene ring substituents is 1. The fourth-order valence-electron chi connectivity index (χ4n) is 2.78. The number of thioether (sulfide) groups is 1. The van der Waals surface area contributed by atoms with Gasteiger partial charge < -0.3 is 5.32 Å². The molecular formula is C19H15N3O3S. The van der Waals surface area contributed by atoms with E-state index in [1.54, 1.807) is 12.1 Å². The summed E-state index contributed by atoms with van der Waals surface area (Å²) >= 11 is 1.41. The largest absolute Gasteiger partial charge is 0.320 e. The van der Waals surface area contributed by atoms with Crippen LogP contribution in [0.4, 0.5) is 5.69 Å². The Morgan fingerprint density at radius 3 is 2.50 bits per heavy atom. The highest BCUT2D eigenvalue weighted by Crippen LogP contribution is 2.37. The molecule has 1 heterocycles. The van der Waals surface area contributed by atoms with E-state index in [2.05, 4.69) is 11.4 Å². The van der Waals surface area contributed by atoms with Crippen LogP contribution in [0.15, 0.2) is 65.2 Å². The van der Waals surface area contributed by atoms with Crippen molar-refractivity contribution in [3.63, 3.8) is 0 Å². The molecule has 0 radical (unpaired) electrons. The second kappa shape index (κ2) is 7.85. The molecule has 0 saturated heterocycles. The van der Waals surface area contributed by atoms with E-state index in [0.717, 1.165) is 11.1 Å². The van der Waals surface area contributed by atoms with Crippen LogP contribution in [0.5, 0.6) is 0 Å². The molecule has 6 nitrogen and oxygen atoms in total. The smallest absolute Gasteiger partial charge is 0.269 e. The number of benzene rings is 2. The van der Waals surface area contributed by atoms with Crippen LogP contribution < -0.4 is 5.32 Å². The number of rotatable bonds is 5. The van der Waals surface area contributed by atoms with Crippen LogP contribution in [-0.4, -0.2) is 10.8 Å². The Bertz CT molecular complexity index is 902. The molecule has 1 atom stereocenters. The van der Waals surface area contributed by atoms with Gasteiger partial charge in [-0.2, -0.15) is 5.26 Å². The Balaban J connectivity index is 1.88. The van der Waals surface area contributed by atoms with Gasteiger partial charge in [0.05, 0.1) is 21.6 Å². The summed E-state index contributed by atoms with van der Waals surface area (Å²) in [4.78, 5) is 22.5. The maximum absolute atomic E-state index is 12.1. The number of carbonyl (C=O) groups excluding carboxylic acids is 1. The van der Waals surface area contributed by atoms with Gasteiger partial charge in [-0.1, -0.05) is 42.5 Å². The Kier molecular flexibility index (Phi) is 5.34. The van der Waals surface area contributed by atoms with Gasteiger partial charge in [-0.3, -0.25) is 14.9 Å². The van der Waals surface area contributed by atoms with Gasteiger partial charge >= 0.3 is 0 Å². The van der Waals surface area contributed by atoms with E-state index in [1.807, 2.05) is 30.3 Å². The topological polar surface area (TPSA) is 96.0 Å². The van der Waals surface area contributed by atoms with Gasteiger partial charge in [0.15, 0.2) is 0 Å². The normalized spacial score (nSPS) is 16.7. The Morgan fingerprint density at radius 1 is 1.19 bits per heavy atom. The molecular weight excluding hydrogens is 350 g/mol. The van der Waals surface area contributed by atoms with Crippen LogP contribution in [0.3, 0.4) is 0 Å². The lowest BCUT2D eigenvalue weighted by Gasteiger charge is -2.25. The van der Waals surface area contributed by atoms with Crippen LogP contribution in [0.1, 0.15) is 23.5 Å². The van der Waals surface area contributed by atoms with Crippen molar-refractivity contribution in [3.05, 3.63) is 86.4 Å². The zero-order valence-corrected chi connectivity index (χ0v) is 14.5. The number of hydrogen-bond acceptors (Lipinski definition) is 5. The van der Waals surface area contributed by atoms with Crippen LogP contribution in [0, 0.1) is 21.4 Å². The Hall–Kier alpha value is -3.11. The molecule has 2 aromatic carbocycles. The molecule has 0 unspecified atom stereocenters. The molecule has 0 saturated carbocycles. The van der Waals surface area contributed by atoms with Crippen molar-refractivity contribution in [3.8, 4) is 6.07 Å². The summed E-state index contributed by atoms with van der Waals surface area (Å²) in [5, 5.41) is 23.8. The predicted octanol–water partition coefficient (Wildman–Crippen LogP) is 3.87. The van der Waals surface area contributed by atoms with Crippen molar-refractivity contribution < 1.29 is 9.72 Å². The van der Waals surface area contributed by atoms with E-state index >= 15 is 0 Å².